The Morgan fingerprint density at radius 3 is 2.71 bits per heavy atom. The van der Waals surface area contributed by atoms with Crippen molar-refractivity contribution in [2.75, 3.05) is 5.88 Å². The first-order chi connectivity index (χ1) is 8.05. The Bertz CT molecular complexity index is 645. The van der Waals surface area contributed by atoms with Crippen LogP contribution in [0.2, 0.25) is 0 Å². The molecule has 2 heterocycles. The third-order valence-electron chi connectivity index (χ3n) is 2.34. The van der Waals surface area contributed by atoms with Crippen LogP contribution in [0.25, 0.3) is 11.2 Å². The third-order valence-corrected chi connectivity index (χ3v) is 5.03. The van der Waals surface area contributed by atoms with Gasteiger partial charge in [0.1, 0.15) is 5.52 Å². The van der Waals surface area contributed by atoms with Crippen LogP contribution in [0.15, 0.2) is 29.6 Å². The minimum Gasteiger partial charge on any atom is -0.251 e. The number of aromatic nitrogens is 3. The maximum Gasteiger partial charge on any atom is 0.199 e. The van der Waals surface area contributed by atoms with Crippen molar-refractivity contribution >= 4 is 32.6 Å². The number of alkyl halides is 1. The minimum absolute atomic E-state index is 0.0151. The Hall–Kier alpha value is -1.27. The topological polar surface area (TPSA) is 72.8 Å². The van der Waals surface area contributed by atoms with Gasteiger partial charge in [-0.3, -0.25) is 4.98 Å². The highest BCUT2D eigenvalue weighted by atomic mass is 35.5. The van der Waals surface area contributed by atoms with Crippen LogP contribution >= 0.6 is 11.6 Å². The summed E-state index contributed by atoms with van der Waals surface area (Å²) >= 11 is 5.57. The molecule has 1 unspecified atom stereocenters. The van der Waals surface area contributed by atoms with Crippen LogP contribution in [0.5, 0.6) is 0 Å². The predicted octanol–water partition coefficient (Wildman–Crippen LogP) is 1.43. The predicted molar refractivity (Wildman–Crippen MR) is 64.7 cm³/mol. The van der Waals surface area contributed by atoms with E-state index >= 15 is 0 Å². The van der Waals surface area contributed by atoms with Gasteiger partial charge in [0.25, 0.3) is 0 Å². The summed E-state index contributed by atoms with van der Waals surface area (Å²) in [6.45, 7) is 1.55. The summed E-state index contributed by atoms with van der Waals surface area (Å²) in [6, 6.07) is 3.01. The smallest absolute Gasteiger partial charge is 0.199 e. The monoisotopic (exact) mass is 271 g/mol. The molecule has 5 nitrogen and oxygen atoms in total. The molecule has 1 atom stereocenters. The highest BCUT2D eigenvalue weighted by molar-refractivity contribution is 7.92. The van der Waals surface area contributed by atoms with Crippen molar-refractivity contribution in [1.29, 1.82) is 0 Å². The van der Waals surface area contributed by atoms with Gasteiger partial charge in [0.2, 0.25) is 0 Å². The molecule has 0 N–H and O–H groups in total. The first-order valence-corrected chi connectivity index (χ1v) is 7.01. The van der Waals surface area contributed by atoms with E-state index in [1.807, 2.05) is 0 Å². The second-order valence-corrected chi connectivity index (χ2v) is 6.18. The number of fused-ring (bicyclic) bond motifs is 1. The molecule has 2 aromatic heterocycles. The van der Waals surface area contributed by atoms with Crippen molar-refractivity contribution < 1.29 is 8.42 Å². The highest BCUT2D eigenvalue weighted by Gasteiger charge is 2.24. The SMILES string of the molecule is CC(CCl)S(=O)(=O)c1ccc2nccnc2n1. The minimum atomic E-state index is -3.49. The van der Waals surface area contributed by atoms with Crippen LogP contribution in [0, 0.1) is 0 Å². The van der Waals surface area contributed by atoms with Crippen molar-refractivity contribution in [3.8, 4) is 0 Å². The fraction of sp³-hybridized carbons (Fsp3) is 0.300. The van der Waals surface area contributed by atoms with Crippen molar-refractivity contribution in [3.05, 3.63) is 24.5 Å². The first kappa shape index (κ1) is 12.2. The molecule has 0 amide bonds. The summed E-state index contributed by atoms with van der Waals surface area (Å²) in [4.78, 5) is 12.0. The summed E-state index contributed by atoms with van der Waals surface area (Å²) in [6.07, 6.45) is 3.00. The molecule has 0 radical (unpaired) electrons. The Morgan fingerprint density at radius 2 is 2.00 bits per heavy atom. The Kier molecular flexibility index (Phi) is 3.26. The maximum absolute atomic E-state index is 12.0. The van der Waals surface area contributed by atoms with Gasteiger partial charge in [-0.2, -0.15) is 0 Å². The van der Waals surface area contributed by atoms with Gasteiger partial charge in [-0.15, -0.1) is 11.6 Å². The number of nitrogens with zero attached hydrogens (tertiary/aromatic N) is 3. The first-order valence-electron chi connectivity index (χ1n) is 4.93. The fourth-order valence-electron chi connectivity index (χ4n) is 1.28. The molecule has 0 spiro atoms. The molecule has 0 bridgehead atoms. The quantitative estimate of drug-likeness (QED) is 0.790. The molecule has 7 heteroatoms. The second-order valence-electron chi connectivity index (χ2n) is 3.56. The van der Waals surface area contributed by atoms with Gasteiger partial charge >= 0.3 is 0 Å². The third kappa shape index (κ3) is 2.23. The molecular formula is C10H10ClN3O2S. The number of pyridine rings is 1. The van der Waals surface area contributed by atoms with Crippen molar-refractivity contribution in [3.63, 3.8) is 0 Å². The lowest BCUT2D eigenvalue weighted by Gasteiger charge is -2.08. The van der Waals surface area contributed by atoms with E-state index in [-0.39, 0.29) is 10.9 Å². The molecule has 0 fully saturated rings. The standard InChI is InChI=1S/C10H10ClN3O2S/c1-7(6-11)17(15,16)9-3-2-8-10(14-9)13-5-4-12-8/h2-5,7H,6H2,1H3. The van der Waals surface area contributed by atoms with Crippen LogP contribution in [0.3, 0.4) is 0 Å². The zero-order valence-corrected chi connectivity index (χ0v) is 10.6. The Morgan fingerprint density at radius 1 is 1.29 bits per heavy atom. The summed E-state index contributed by atoms with van der Waals surface area (Å²) in [5, 5.41) is -0.690. The largest absolute Gasteiger partial charge is 0.251 e. The van der Waals surface area contributed by atoms with Crippen molar-refractivity contribution in [2.45, 2.75) is 17.2 Å². The molecule has 0 saturated carbocycles. The van der Waals surface area contributed by atoms with Gasteiger partial charge in [-0.25, -0.2) is 18.4 Å². The van der Waals surface area contributed by atoms with Gasteiger partial charge in [0.15, 0.2) is 20.5 Å². The van der Waals surface area contributed by atoms with Gasteiger partial charge in [-0.1, -0.05) is 0 Å². The van der Waals surface area contributed by atoms with E-state index in [9.17, 15) is 8.42 Å². The second kappa shape index (κ2) is 4.54. The van der Waals surface area contributed by atoms with E-state index in [4.69, 9.17) is 11.6 Å². The van der Waals surface area contributed by atoms with E-state index < -0.39 is 15.1 Å². The number of rotatable bonds is 3. The molecule has 0 aliphatic heterocycles. The van der Waals surface area contributed by atoms with Crippen molar-refractivity contribution in [2.24, 2.45) is 0 Å². The zero-order chi connectivity index (χ0) is 12.5. The Labute approximate surface area is 104 Å². The van der Waals surface area contributed by atoms with Crippen LogP contribution in [-0.2, 0) is 9.84 Å². The number of sulfone groups is 1. The number of hydrogen-bond donors (Lipinski definition) is 0. The molecule has 2 aromatic rings. The average molecular weight is 272 g/mol. The van der Waals surface area contributed by atoms with E-state index in [2.05, 4.69) is 15.0 Å². The normalized spacial score (nSPS) is 13.8. The molecule has 0 aliphatic carbocycles. The number of hydrogen-bond acceptors (Lipinski definition) is 5. The molecule has 90 valence electrons. The van der Waals surface area contributed by atoms with Gasteiger partial charge < -0.3 is 0 Å². The summed E-state index contributed by atoms with van der Waals surface area (Å²) in [5.41, 5.74) is 0.875. The molecular weight excluding hydrogens is 262 g/mol. The van der Waals surface area contributed by atoms with E-state index in [0.29, 0.717) is 11.2 Å². The number of halogens is 1. The lowest BCUT2D eigenvalue weighted by molar-refractivity contribution is 0.584. The van der Waals surface area contributed by atoms with Gasteiger partial charge in [0.05, 0.1) is 5.25 Å². The lowest BCUT2D eigenvalue weighted by Crippen LogP contribution is -2.20. The molecule has 0 aromatic carbocycles. The van der Waals surface area contributed by atoms with E-state index in [0.717, 1.165) is 0 Å². The highest BCUT2D eigenvalue weighted by Crippen LogP contribution is 2.17. The van der Waals surface area contributed by atoms with Crippen molar-refractivity contribution in [1.82, 2.24) is 15.0 Å². The molecule has 0 saturated heterocycles. The zero-order valence-electron chi connectivity index (χ0n) is 9.04. The summed E-state index contributed by atoms with van der Waals surface area (Å²) in [7, 11) is -3.49. The van der Waals surface area contributed by atoms with Crippen LogP contribution in [0.4, 0.5) is 0 Å². The van der Waals surface area contributed by atoms with E-state index in [1.54, 1.807) is 13.0 Å². The molecule has 17 heavy (non-hydrogen) atoms. The van der Waals surface area contributed by atoms with Crippen LogP contribution in [-0.4, -0.2) is 34.5 Å². The van der Waals surface area contributed by atoms with Crippen LogP contribution in [0.1, 0.15) is 6.92 Å². The fourth-order valence-corrected chi connectivity index (χ4v) is 2.83. The molecule has 0 aliphatic rings. The Balaban J connectivity index is 2.57. The molecule has 2 rings (SSSR count). The van der Waals surface area contributed by atoms with E-state index in [1.165, 1.54) is 18.5 Å². The van der Waals surface area contributed by atoms with Crippen LogP contribution < -0.4 is 0 Å². The summed E-state index contributed by atoms with van der Waals surface area (Å²) < 4.78 is 24.0. The van der Waals surface area contributed by atoms with Gasteiger partial charge in [-0.05, 0) is 19.1 Å². The summed E-state index contributed by atoms with van der Waals surface area (Å²) in [5.74, 6) is 0.0303. The lowest BCUT2D eigenvalue weighted by atomic mass is 10.4. The average Bonchev–Trinajstić information content (AvgIpc) is 2.37. The maximum atomic E-state index is 12.0. The van der Waals surface area contributed by atoms with Gasteiger partial charge in [0, 0.05) is 18.3 Å².